The van der Waals surface area contributed by atoms with E-state index in [-0.39, 0.29) is 5.91 Å². The van der Waals surface area contributed by atoms with Crippen molar-refractivity contribution in [1.29, 1.82) is 0 Å². The second kappa shape index (κ2) is 4.37. The van der Waals surface area contributed by atoms with Crippen LogP contribution in [0.25, 0.3) is 11.1 Å². The van der Waals surface area contributed by atoms with Crippen LogP contribution in [0.2, 0.25) is 0 Å². The number of nitrogens with one attached hydrogen (secondary N) is 2. The summed E-state index contributed by atoms with van der Waals surface area (Å²) in [7, 11) is 1.91. The van der Waals surface area contributed by atoms with Crippen molar-refractivity contribution in [3.05, 3.63) is 48.0 Å². The molecule has 1 aliphatic rings. The van der Waals surface area contributed by atoms with Crippen LogP contribution in [0, 0.1) is 0 Å². The third-order valence-corrected chi connectivity index (χ3v) is 4.02. The molecule has 0 fully saturated rings. The second-order valence-corrected chi connectivity index (χ2v) is 5.67. The molecule has 2 aromatic carbocycles. The highest BCUT2D eigenvalue weighted by molar-refractivity contribution is 6.06. The van der Waals surface area contributed by atoms with Crippen LogP contribution in [-0.2, 0) is 10.2 Å². The minimum Gasteiger partial charge on any atom is -0.388 e. The van der Waals surface area contributed by atoms with E-state index < -0.39 is 5.41 Å². The van der Waals surface area contributed by atoms with Crippen molar-refractivity contribution in [2.45, 2.75) is 19.3 Å². The van der Waals surface area contributed by atoms with Crippen molar-refractivity contribution in [2.24, 2.45) is 0 Å². The predicted octanol–water partition coefficient (Wildman–Crippen LogP) is 3.63. The van der Waals surface area contributed by atoms with E-state index in [9.17, 15) is 4.79 Å². The second-order valence-electron chi connectivity index (χ2n) is 5.67. The molecule has 0 spiro atoms. The minimum atomic E-state index is -0.462. The van der Waals surface area contributed by atoms with Crippen LogP contribution >= 0.6 is 0 Å². The van der Waals surface area contributed by atoms with Crippen LogP contribution in [0.1, 0.15) is 19.4 Å². The van der Waals surface area contributed by atoms with Crippen molar-refractivity contribution in [3.63, 3.8) is 0 Å². The summed E-state index contributed by atoms with van der Waals surface area (Å²) in [6, 6.07) is 14.4. The fourth-order valence-corrected chi connectivity index (χ4v) is 2.58. The van der Waals surface area contributed by atoms with Gasteiger partial charge in [0.05, 0.1) is 5.41 Å². The molecule has 0 aliphatic carbocycles. The van der Waals surface area contributed by atoms with E-state index >= 15 is 0 Å². The maximum Gasteiger partial charge on any atom is 0.234 e. The zero-order valence-corrected chi connectivity index (χ0v) is 11.9. The average molecular weight is 266 g/mol. The monoisotopic (exact) mass is 266 g/mol. The highest BCUT2D eigenvalue weighted by Crippen LogP contribution is 2.39. The molecule has 0 radical (unpaired) electrons. The Morgan fingerprint density at radius 3 is 2.30 bits per heavy atom. The highest BCUT2D eigenvalue weighted by Gasteiger charge is 2.38. The molecule has 102 valence electrons. The number of benzene rings is 2. The molecular formula is C17H18N2O. The summed E-state index contributed by atoms with van der Waals surface area (Å²) in [5.41, 5.74) is 4.91. The minimum absolute atomic E-state index is 0.0650. The molecule has 1 aliphatic heterocycles. The van der Waals surface area contributed by atoms with Gasteiger partial charge < -0.3 is 10.6 Å². The molecule has 0 bridgehead atoms. The lowest BCUT2D eigenvalue weighted by atomic mass is 9.85. The SMILES string of the molecule is CNc1ccc(-c2ccc3c(c2)C(C)(C)C(=O)N3)cc1. The third kappa shape index (κ3) is 1.86. The van der Waals surface area contributed by atoms with Crippen LogP contribution in [-0.4, -0.2) is 13.0 Å². The van der Waals surface area contributed by atoms with Crippen molar-refractivity contribution in [2.75, 3.05) is 17.7 Å². The maximum absolute atomic E-state index is 12.0. The molecule has 0 saturated heterocycles. The molecule has 3 nitrogen and oxygen atoms in total. The Bertz CT molecular complexity index is 672. The molecule has 0 unspecified atom stereocenters. The normalized spacial score (nSPS) is 15.7. The van der Waals surface area contributed by atoms with Gasteiger partial charge in [0.25, 0.3) is 0 Å². The molecule has 1 amide bonds. The Labute approximate surface area is 119 Å². The standard InChI is InChI=1S/C17H18N2O/c1-17(2)14-10-12(6-9-15(14)19-16(17)20)11-4-7-13(18-3)8-5-11/h4-10,18H,1-3H3,(H,19,20). The highest BCUT2D eigenvalue weighted by atomic mass is 16.2. The summed E-state index contributed by atoms with van der Waals surface area (Å²) in [5.74, 6) is 0.0650. The number of amides is 1. The van der Waals surface area contributed by atoms with Crippen LogP contribution in [0.4, 0.5) is 11.4 Å². The third-order valence-electron chi connectivity index (χ3n) is 4.02. The Balaban J connectivity index is 2.05. The maximum atomic E-state index is 12.0. The zero-order chi connectivity index (χ0) is 14.3. The molecule has 1 heterocycles. The van der Waals surface area contributed by atoms with Gasteiger partial charge in [-0.1, -0.05) is 18.2 Å². The number of carbonyl (C=O) groups is 1. The van der Waals surface area contributed by atoms with Gasteiger partial charge in [-0.05, 0) is 54.8 Å². The molecule has 3 rings (SSSR count). The van der Waals surface area contributed by atoms with Crippen molar-refractivity contribution < 1.29 is 4.79 Å². The van der Waals surface area contributed by atoms with Gasteiger partial charge in [-0.3, -0.25) is 4.79 Å². The van der Waals surface area contributed by atoms with E-state index in [1.54, 1.807) is 0 Å². The van der Waals surface area contributed by atoms with Crippen LogP contribution in [0.5, 0.6) is 0 Å². The Morgan fingerprint density at radius 1 is 1.00 bits per heavy atom. The van der Waals surface area contributed by atoms with Crippen molar-refractivity contribution in [3.8, 4) is 11.1 Å². The number of fused-ring (bicyclic) bond motifs is 1. The molecule has 0 atom stereocenters. The van der Waals surface area contributed by atoms with E-state index in [4.69, 9.17) is 0 Å². The van der Waals surface area contributed by atoms with Crippen molar-refractivity contribution in [1.82, 2.24) is 0 Å². The summed E-state index contributed by atoms with van der Waals surface area (Å²) in [6.45, 7) is 3.92. The lowest BCUT2D eigenvalue weighted by Gasteiger charge is -2.16. The lowest BCUT2D eigenvalue weighted by Crippen LogP contribution is -2.26. The number of anilines is 2. The van der Waals surface area contributed by atoms with Gasteiger partial charge in [0.1, 0.15) is 0 Å². The first-order valence-electron chi connectivity index (χ1n) is 6.76. The average Bonchev–Trinajstić information content (AvgIpc) is 2.69. The van der Waals surface area contributed by atoms with Gasteiger partial charge in [-0.2, -0.15) is 0 Å². The molecule has 2 aromatic rings. The Morgan fingerprint density at radius 2 is 1.65 bits per heavy atom. The summed E-state index contributed by atoms with van der Waals surface area (Å²) in [6.07, 6.45) is 0. The first kappa shape index (κ1) is 12.7. The van der Waals surface area contributed by atoms with Crippen LogP contribution in [0.15, 0.2) is 42.5 Å². The molecule has 2 N–H and O–H groups in total. The number of hydrogen-bond donors (Lipinski definition) is 2. The fraction of sp³-hybridized carbons (Fsp3) is 0.235. The summed E-state index contributed by atoms with van der Waals surface area (Å²) >= 11 is 0. The predicted molar refractivity (Wildman–Crippen MR) is 83.1 cm³/mol. The van der Waals surface area contributed by atoms with Gasteiger partial charge in [-0.25, -0.2) is 0 Å². The summed E-state index contributed by atoms with van der Waals surface area (Å²) in [5, 5.41) is 6.05. The fourth-order valence-electron chi connectivity index (χ4n) is 2.58. The zero-order valence-electron chi connectivity index (χ0n) is 11.9. The van der Waals surface area contributed by atoms with E-state index in [2.05, 4.69) is 47.0 Å². The molecule has 3 heteroatoms. The smallest absolute Gasteiger partial charge is 0.234 e. The van der Waals surface area contributed by atoms with Gasteiger partial charge in [0.15, 0.2) is 0 Å². The summed E-state index contributed by atoms with van der Waals surface area (Å²) < 4.78 is 0. The van der Waals surface area contributed by atoms with E-state index in [1.807, 2.05) is 27.0 Å². The first-order chi connectivity index (χ1) is 9.52. The van der Waals surface area contributed by atoms with Gasteiger partial charge in [0, 0.05) is 18.4 Å². The molecular weight excluding hydrogens is 248 g/mol. The first-order valence-corrected chi connectivity index (χ1v) is 6.76. The quantitative estimate of drug-likeness (QED) is 0.871. The van der Waals surface area contributed by atoms with Crippen LogP contribution < -0.4 is 10.6 Å². The largest absolute Gasteiger partial charge is 0.388 e. The van der Waals surface area contributed by atoms with E-state index in [1.165, 1.54) is 0 Å². The molecule has 0 aromatic heterocycles. The summed E-state index contributed by atoms with van der Waals surface area (Å²) in [4.78, 5) is 12.0. The van der Waals surface area contributed by atoms with Gasteiger partial charge >= 0.3 is 0 Å². The Hall–Kier alpha value is -2.29. The number of hydrogen-bond acceptors (Lipinski definition) is 2. The molecule has 20 heavy (non-hydrogen) atoms. The van der Waals surface area contributed by atoms with E-state index in [0.717, 1.165) is 28.1 Å². The number of rotatable bonds is 2. The topological polar surface area (TPSA) is 41.1 Å². The van der Waals surface area contributed by atoms with E-state index in [0.29, 0.717) is 0 Å². The van der Waals surface area contributed by atoms with Gasteiger partial charge in [-0.15, -0.1) is 0 Å². The van der Waals surface area contributed by atoms with Crippen molar-refractivity contribution >= 4 is 17.3 Å². The van der Waals surface area contributed by atoms with Crippen LogP contribution in [0.3, 0.4) is 0 Å². The molecule has 0 saturated carbocycles. The Kier molecular flexibility index (Phi) is 2.78. The van der Waals surface area contributed by atoms with Gasteiger partial charge in [0.2, 0.25) is 5.91 Å². The number of carbonyl (C=O) groups excluding carboxylic acids is 1. The lowest BCUT2D eigenvalue weighted by molar-refractivity contribution is -0.119.